The van der Waals surface area contributed by atoms with Gasteiger partial charge in [0.05, 0.1) is 5.58 Å². The first-order chi connectivity index (χ1) is 27.0. The third-order valence-corrected chi connectivity index (χ3v) is 12.3. The number of aryl methyl sites for hydroxylation is 2. The molecule has 5 nitrogen and oxygen atoms in total. The standard InChI is InChI=1S/C30H26N3O.C14H16GeN.Ir/c1-18-13-20(15-30(3,4)5)9-11-22(18)26-14-27(32-17-19(26)2)25-8-6-7-23-24-12-10-21(16-31)33-29(24)34-28(23)25;1-15(2,3)13-9-10-14(16-11-13)12-7-5-4-6-8-12;/h6-7,9-14,17H,15H2,1-5H3;4-7,9-11H,1-3H3;/q2*-1;/i1D3,2D3,15D2;;. The van der Waals surface area contributed by atoms with Gasteiger partial charge in [-0.25, -0.2) is 4.98 Å². The average Bonchev–Trinajstić information content (AvgIpc) is 3.55. The first kappa shape index (κ1) is 28.2. The molecule has 0 aliphatic heterocycles. The number of benzene rings is 3. The summed E-state index contributed by atoms with van der Waals surface area (Å²) in [6.45, 7) is -0.126. The van der Waals surface area contributed by atoms with Gasteiger partial charge in [0, 0.05) is 42.7 Å². The molecule has 1 radical (unpaired) electrons. The number of fused-ring (bicyclic) bond motifs is 3. The SMILES string of the molecule is [2H]C([2H])([2H])c1cnc(-c2[c-]ccc3c2oc2nc(C#N)ccc23)cc1-c1ccc(C([2H])([2H])C(C)(C)C)cc1C([2H])([2H])[2H].[CH3][Ge]([CH3])([CH3])[c]1ccc(-c2[c-]cccc2)nc1.[Ir]. The van der Waals surface area contributed by atoms with E-state index in [-0.39, 0.29) is 65.0 Å². The summed E-state index contributed by atoms with van der Waals surface area (Å²) in [6.07, 6.45) is 1.37. The normalized spacial score (nSPS) is 14.5. The van der Waals surface area contributed by atoms with Crippen LogP contribution in [0.25, 0.3) is 55.7 Å². The zero-order chi connectivity index (χ0) is 42.4. The molecule has 0 aliphatic rings. The number of pyridine rings is 3. The molecule has 0 saturated carbocycles. The topological polar surface area (TPSA) is 75.6 Å². The maximum atomic E-state index is 9.24. The summed E-state index contributed by atoms with van der Waals surface area (Å²) >= 11 is -1.72. The number of nitriles is 1. The molecule has 4 aromatic heterocycles. The van der Waals surface area contributed by atoms with Gasteiger partial charge in [0.2, 0.25) is 5.71 Å². The van der Waals surface area contributed by atoms with Crippen LogP contribution in [0.15, 0.2) is 102 Å². The maximum Gasteiger partial charge on any atom is 0 e. The molecule has 7 rings (SSSR count). The van der Waals surface area contributed by atoms with E-state index in [1.165, 1.54) is 34.9 Å². The summed E-state index contributed by atoms with van der Waals surface area (Å²) in [5.41, 5.74) is 2.85. The maximum absolute atomic E-state index is 9.24. The van der Waals surface area contributed by atoms with Crippen molar-refractivity contribution < 1.29 is 35.5 Å². The van der Waals surface area contributed by atoms with E-state index in [0.29, 0.717) is 21.9 Å². The molecule has 0 fully saturated rings. The van der Waals surface area contributed by atoms with Gasteiger partial charge in [0.15, 0.2) is 0 Å². The molecule has 0 N–H and O–H groups in total. The van der Waals surface area contributed by atoms with Crippen molar-refractivity contribution in [2.75, 3.05) is 0 Å². The largest absolute Gasteiger partial charge is 0 e. The van der Waals surface area contributed by atoms with Gasteiger partial charge >= 0.3 is 99.8 Å². The van der Waals surface area contributed by atoms with Crippen LogP contribution in [0.4, 0.5) is 0 Å². The molecular weight excluding hydrogens is 865 g/mol. The Balaban J connectivity index is 0.000000326. The van der Waals surface area contributed by atoms with Crippen molar-refractivity contribution in [3.05, 3.63) is 132 Å². The Morgan fingerprint density at radius 1 is 0.843 bits per heavy atom. The quantitative estimate of drug-likeness (QED) is 0.127. The molecule has 0 saturated heterocycles. The van der Waals surface area contributed by atoms with Crippen LogP contribution in [0.2, 0.25) is 17.3 Å². The number of rotatable bonds is 5. The van der Waals surface area contributed by atoms with Crippen LogP contribution in [0.3, 0.4) is 0 Å². The summed E-state index contributed by atoms with van der Waals surface area (Å²) < 4.78 is 74.1. The summed E-state index contributed by atoms with van der Waals surface area (Å²) in [5, 5.41) is 10.6. The fraction of sp³-hybridized carbons (Fsp3) is 0.227. The van der Waals surface area contributed by atoms with Gasteiger partial charge in [0.1, 0.15) is 11.8 Å². The summed E-state index contributed by atoms with van der Waals surface area (Å²) in [7, 11) is 0. The van der Waals surface area contributed by atoms with Gasteiger partial charge in [0.25, 0.3) is 0 Å². The predicted octanol–water partition coefficient (Wildman–Crippen LogP) is 10.7. The Morgan fingerprint density at radius 2 is 1.65 bits per heavy atom. The second kappa shape index (κ2) is 15.5. The molecule has 3 aromatic carbocycles. The molecule has 7 aromatic rings. The van der Waals surface area contributed by atoms with Crippen LogP contribution in [0.5, 0.6) is 0 Å². The summed E-state index contributed by atoms with van der Waals surface area (Å²) in [4.78, 5) is 13.2. The Morgan fingerprint density at radius 3 is 2.31 bits per heavy atom. The molecule has 0 amide bonds. The van der Waals surface area contributed by atoms with E-state index >= 15 is 0 Å². The van der Waals surface area contributed by atoms with E-state index in [2.05, 4.69) is 56.5 Å². The number of nitrogens with zero attached hydrogens (tertiary/aromatic N) is 4. The minimum absolute atomic E-state index is 0. The molecule has 4 heterocycles. The Bertz CT molecular complexity index is 2660. The fourth-order valence-corrected chi connectivity index (χ4v) is 7.70. The second-order valence-corrected chi connectivity index (χ2v) is 24.7. The van der Waals surface area contributed by atoms with Crippen molar-refractivity contribution >= 4 is 39.7 Å². The minimum atomic E-state index is -2.68. The fourth-order valence-electron chi connectivity index (χ4n) is 5.53. The molecule has 0 atom stereocenters. The molecule has 0 unspecified atom stereocenters. The summed E-state index contributed by atoms with van der Waals surface area (Å²) in [6, 6.07) is 33.1. The molecular formula is C44H42GeIrN4O-2. The smallest absolute Gasteiger partial charge is 0 e. The monoisotopic (exact) mass is 917 g/mol. The van der Waals surface area contributed by atoms with Gasteiger partial charge in [-0.3, -0.25) is 0 Å². The number of hydrogen-bond acceptors (Lipinski definition) is 5. The van der Waals surface area contributed by atoms with Crippen molar-refractivity contribution in [3.8, 4) is 39.7 Å². The predicted molar refractivity (Wildman–Crippen MR) is 208 cm³/mol. The van der Waals surface area contributed by atoms with Crippen LogP contribution in [-0.2, 0) is 26.5 Å². The van der Waals surface area contributed by atoms with E-state index < -0.39 is 38.8 Å². The van der Waals surface area contributed by atoms with Crippen LogP contribution in [0, 0.1) is 42.6 Å². The summed E-state index contributed by atoms with van der Waals surface area (Å²) in [5.74, 6) is 7.14. The van der Waals surface area contributed by atoms with Gasteiger partial charge in [-0.15, -0.1) is 18.2 Å². The van der Waals surface area contributed by atoms with Gasteiger partial charge in [-0.1, -0.05) is 56.0 Å². The van der Waals surface area contributed by atoms with Crippen LogP contribution in [-0.4, -0.2) is 28.2 Å². The number of hydrogen-bond donors (Lipinski definition) is 0. The van der Waals surface area contributed by atoms with Crippen LogP contribution >= 0.6 is 0 Å². The van der Waals surface area contributed by atoms with E-state index in [1.807, 2.05) is 36.5 Å². The Hall–Kier alpha value is -4.41. The third-order valence-electron chi connectivity index (χ3n) is 8.02. The molecule has 0 aliphatic carbocycles. The van der Waals surface area contributed by atoms with Crippen molar-refractivity contribution in [1.82, 2.24) is 15.0 Å². The molecule has 0 bridgehead atoms. The third kappa shape index (κ3) is 8.73. The first-order valence-electron chi connectivity index (χ1n) is 20.2. The van der Waals surface area contributed by atoms with E-state index in [1.54, 1.807) is 45.0 Å². The molecule has 0 spiro atoms. The minimum Gasteiger partial charge on any atom is 0 e. The Labute approximate surface area is 329 Å². The average molecular weight is 916 g/mol. The van der Waals surface area contributed by atoms with Crippen molar-refractivity contribution in [2.45, 2.75) is 58.1 Å². The van der Waals surface area contributed by atoms with Crippen LogP contribution in [0.1, 0.15) is 54.1 Å². The first-order valence-corrected chi connectivity index (χ1v) is 23.6. The molecule has 51 heavy (non-hydrogen) atoms. The Kier molecular flexibility index (Phi) is 8.55. The molecule has 259 valence electrons. The van der Waals surface area contributed by atoms with Crippen molar-refractivity contribution in [3.63, 3.8) is 0 Å². The van der Waals surface area contributed by atoms with E-state index in [9.17, 15) is 5.26 Å². The molecule has 7 heteroatoms. The number of aromatic nitrogens is 3. The van der Waals surface area contributed by atoms with Gasteiger partial charge < -0.3 is 9.40 Å². The van der Waals surface area contributed by atoms with E-state index in [0.717, 1.165) is 11.3 Å². The van der Waals surface area contributed by atoms with Crippen molar-refractivity contribution in [2.24, 2.45) is 5.41 Å². The van der Waals surface area contributed by atoms with Crippen LogP contribution < -0.4 is 4.40 Å². The zero-order valence-corrected chi connectivity index (χ0v) is 33.8. The van der Waals surface area contributed by atoms with E-state index in [4.69, 9.17) is 15.4 Å². The van der Waals surface area contributed by atoms with Gasteiger partial charge in [-0.05, 0) is 71.1 Å². The van der Waals surface area contributed by atoms with Gasteiger partial charge in [-0.2, -0.15) is 5.26 Å². The zero-order valence-electron chi connectivity index (χ0n) is 37.3. The number of furan rings is 1. The second-order valence-electron chi connectivity index (χ2n) is 14.1. The van der Waals surface area contributed by atoms with Crippen molar-refractivity contribution in [1.29, 1.82) is 5.26 Å².